The number of aromatic nitrogens is 2. The van der Waals surface area contributed by atoms with Crippen molar-refractivity contribution in [3.63, 3.8) is 0 Å². The zero-order valence-electron chi connectivity index (χ0n) is 10.2. The third-order valence-electron chi connectivity index (χ3n) is 3.15. The summed E-state index contributed by atoms with van der Waals surface area (Å²) in [5, 5.41) is 21.0. The van der Waals surface area contributed by atoms with Gasteiger partial charge in [0.1, 0.15) is 0 Å². The van der Waals surface area contributed by atoms with Crippen LogP contribution >= 0.6 is 11.8 Å². The molecule has 1 aromatic heterocycles. The van der Waals surface area contributed by atoms with Gasteiger partial charge in [0, 0.05) is 23.9 Å². The molecule has 0 atom stereocenters. The number of fused-ring (bicyclic) bond motifs is 1. The normalized spacial score (nSPS) is 13.5. The van der Waals surface area contributed by atoms with Crippen molar-refractivity contribution in [2.24, 2.45) is 0 Å². The van der Waals surface area contributed by atoms with Gasteiger partial charge < -0.3 is 9.67 Å². The minimum absolute atomic E-state index is 0.214. The van der Waals surface area contributed by atoms with E-state index in [4.69, 9.17) is 0 Å². The van der Waals surface area contributed by atoms with Crippen LogP contribution in [0.4, 0.5) is 10.1 Å². The second-order valence-corrected chi connectivity index (χ2v) is 5.33. The number of hydrogen-bond donors (Lipinski definition) is 1. The molecule has 2 aromatic rings. The summed E-state index contributed by atoms with van der Waals surface area (Å²) < 4.78 is 15.2. The van der Waals surface area contributed by atoms with Gasteiger partial charge in [0.25, 0.3) is 0 Å². The number of halogens is 1. The van der Waals surface area contributed by atoms with E-state index in [-0.39, 0.29) is 6.61 Å². The smallest absolute Gasteiger partial charge is 0.305 e. The molecule has 0 aliphatic carbocycles. The Balaban J connectivity index is 2.14. The van der Waals surface area contributed by atoms with Crippen LogP contribution in [-0.4, -0.2) is 25.3 Å². The van der Waals surface area contributed by atoms with Gasteiger partial charge in [-0.1, -0.05) is 11.8 Å². The van der Waals surface area contributed by atoms with Gasteiger partial charge in [0.2, 0.25) is 5.82 Å². The van der Waals surface area contributed by atoms with E-state index in [0.29, 0.717) is 17.0 Å². The molecule has 1 aliphatic rings. The molecule has 0 fully saturated rings. The van der Waals surface area contributed by atoms with Gasteiger partial charge in [-0.05, 0) is 12.1 Å². The van der Waals surface area contributed by atoms with Gasteiger partial charge in [0.15, 0.2) is 5.16 Å². The first-order valence-electron chi connectivity index (χ1n) is 5.89. The molecule has 0 saturated carbocycles. The van der Waals surface area contributed by atoms with Crippen LogP contribution in [0.2, 0.25) is 0 Å². The van der Waals surface area contributed by atoms with Crippen LogP contribution in [0.5, 0.6) is 0 Å². The summed E-state index contributed by atoms with van der Waals surface area (Å²) in [5.74, 6) is 0.00421. The summed E-state index contributed by atoms with van der Waals surface area (Å²) in [7, 11) is 0. The molecule has 3 rings (SSSR count). The van der Waals surface area contributed by atoms with Crippen molar-refractivity contribution in [3.8, 4) is 11.3 Å². The van der Waals surface area contributed by atoms with Crippen LogP contribution in [0.3, 0.4) is 0 Å². The third kappa shape index (κ3) is 1.97. The fourth-order valence-electron chi connectivity index (χ4n) is 2.22. The molecule has 20 heavy (non-hydrogen) atoms. The summed E-state index contributed by atoms with van der Waals surface area (Å²) in [5.41, 5.74) is 0.917. The van der Waals surface area contributed by atoms with E-state index < -0.39 is 16.4 Å². The van der Waals surface area contributed by atoms with Crippen molar-refractivity contribution >= 4 is 17.4 Å². The van der Waals surface area contributed by atoms with Crippen molar-refractivity contribution in [2.75, 3.05) is 5.75 Å². The second kappa shape index (κ2) is 4.88. The molecule has 1 aliphatic heterocycles. The second-order valence-electron chi connectivity index (χ2n) is 4.27. The SMILES string of the molecule is O=[N+]([O-])c1cc(-c2nc3n(c2CO)CCS3)ccc1F. The van der Waals surface area contributed by atoms with E-state index in [1.54, 1.807) is 11.8 Å². The fraction of sp³-hybridized carbons (Fsp3) is 0.250. The average Bonchev–Trinajstić information content (AvgIpc) is 2.98. The van der Waals surface area contributed by atoms with Crippen LogP contribution in [0.25, 0.3) is 11.3 Å². The summed E-state index contributed by atoms with van der Waals surface area (Å²) in [6.07, 6.45) is 0. The minimum Gasteiger partial charge on any atom is -0.390 e. The number of thioether (sulfide) groups is 1. The molecule has 0 saturated heterocycles. The molecule has 0 spiro atoms. The van der Waals surface area contributed by atoms with Crippen molar-refractivity contribution < 1.29 is 14.4 Å². The molecule has 8 heteroatoms. The van der Waals surface area contributed by atoms with E-state index in [0.717, 1.165) is 29.6 Å². The zero-order valence-corrected chi connectivity index (χ0v) is 11.1. The first kappa shape index (κ1) is 13.1. The number of benzene rings is 1. The van der Waals surface area contributed by atoms with E-state index >= 15 is 0 Å². The largest absolute Gasteiger partial charge is 0.390 e. The molecule has 0 radical (unpaired) electrons. The lowest BCUT2D eigenvalue weighted by molar-refractivity contribution is -0.387. The van der Waals surface area contributed by atoms with Crippen LogP contribution in [0, 0.1) is 15.9 Å². The number of imidazole rings is 1. The predicted octanol–water partition coefficient (Wildman–Crippen LogP) is 2.20. The van der Waals surface area contributed by atoms with Crippen molar-refractivity contribution in [1.82, 2.24) is 9.55 Å². The van der Waals surface area contributed by atoms with Gasteiger partial charge in [-0.25, -0.2) is 4.98 Å². The number of aliphatic hydroxyl groups excluding tert-OH is 1. The highest BCUT2D eigenvalue weighted by Gasteiger charge is 2.24. The zero-order chi connectivity index (χ0) is 14.3. The molecule has 6 nitrogen and oxygen atoms in total. The summed E-state index contributed by atoms with van der Waals surface area (Å²) in [6, 6.07) is 3.63. The number of hydrogen-bond acceptors (Lipinski definition) is 5. The maximum absolute atomic E-state index is 13.4. The predicted molar refractivity (Wildman–Crippen MR) is 70.9 cm³/mol. The van der Waals surface area contributed by atoms with Crippen LogP contribution in [0.15, 0.2) is 23.4 Å². The third-order valence-corrected chi connectivity index (χ3v) is 4.11. The van der Waals surface area contributed by atoms with Crippen molar-refractivity contribution in [3.05, 3.63) is 39.8 Å². The lowest BCUT2D eigenvalue weighted by Gasteiger charge is -2.04. The van der Waals surface area contributed by atoms with E-state index in [1.807, 2.05) is 4.57 Å². The first-order valence-corrected chi connectivity index (χ1v) is 6.87. The van der Waals surface area contributed by atoms with Gasteiger partial charge in [-0.2, -0.15) is 4.39 Å². The molecule has 104 valence electrons. The number of nitrogens with zero attached hydrogens (tertiary/aromatic N) is 3. The van der Waals surface area contributed by atoms with Crippen molar-refractivity contribution in [1.29, 1.82) is 0 Å². The topological polar surface area (TPSA) is 81.2 Å². The number of aliphatic hydroxyl groups is 1. The monoisotopic (exact) mass is 295 g/mol. The molecule has 0 bridgehead atoms. The molecule has 0 unspecified atom stereocenters. The summed E-state index contributed by atoms with van der Waals surface area (Å²) in [4.78, 5) is 14.4. The Labute approximate surface area is 117 Å². The Hall–Kier alpha value is -1.93. The lowest BCUT2D eigenvalue weighted by atomic mass is 10.1. The van der Waals surface area contributed by atoms with E-state index in [9.17, 15) is 19.6 Å². The Morgan fingerprint density at radius 1 is 1.55 bits per heavy atom. The van der Waals surface area contributed by atoms with Crippen molar-refractivity contribution in [2.45, 2.75) is 18.3 Å². The molecule has 0 amide bonds. The van der Waals surface area contributed by atoms with E-state index in [2.05, 4.69) is 4.98 Å². The summed E-state index contributed by atoms with van der Waals surface area (Å²) in [6.45, 7) is 0.528. The molecule has 2 heterocycles. The Morgan fingerprint density at radius 3 is 3.05 bits per heavy atom. The highest BCUT2D eigenvalue weighted by molar-refractivity contribution is 7.99. The Morgan fingerprint density at radius 2 is 2.35 bits per heavy atom. The quantitative estimate of drug-likeness (QED) is 0.693. The molecular weight excluding hydrogens is 285 g/mol. The minimum atomic E-state index is -0.884. The van der Waals surface area contributed by atoms with Gasteiger partial charge >= 0.3 is 5.69 Å². The summed E-state index contributed by atoms with van der Waals surface area (Å²) >= 11 is 1.56. The van der Waals surface area contributed by atoms with Crippen LogP contribution in [0.1, 0.15) is 5.69 Å². The standard InChI is InChI=1S/C12H10FN3O3S/c13-8-2-1-7(5-9(8)16(18)19)11-10(6-17)15-3-4-20-12(15)14-11/h1-2,5,17H,3-4,6H2. The Bertz CT molecular complexity index is 701. The maximum atomic E-state index is 13.4. The highest BCUT2D eigenvalue weighted by atomic mass is 32.2. The van der Waals surface area contributed by atoms with Gasteiger partial charge in [0.05, 0.1) is 22.9 Å². The number of nitro benzene ring substituents is 1. The highest BCUT2D eigenvalue weighted by Crippen LogP contribution is 2.34. The van der Waals surface area contributed by atoms with Gasteiger partial charge in [-0.15, -0.1) is 0 Å². The lowest BCUT2D eigenvalue weighted by Crippen LogP contribution is -2.01. The average molecular weight is 295 g/mol. The number of rotatable bonds is 3. The molecular formula is C12H10FN3O3S. The molecule has 1 aromatic carbocycles. The van der Waals surface area contributed by atoms with Crippen LogP contribution in [-0.2, 0) is 13.2 Å². The fourth-order valence-corrected chi connectivity index (χ4v) is 3.19. The van der Waals surface area contributed by atoms with E-state index in [1.165, 1.54) is 6.07 Å². The van der Waals surface area contributed by atoms with Gasteiger partial charge in [-0.3, -0.25) is 10.1 Å². The number of nitro groups is 1. The maximum Gasteiger partial charge on any atom is 0.305 e. The first-order chi connectivity index (χ1) is 9.61. The Kier molecular flexibility index (Phi) is 3.19. The molecule has 1 N–H and O–H groups in total. The van der Waals surface area contributed by atoms with Crippen LogP contribution < -0.4 is 0 Å².